The number of nitrogens with zero attached hydrogens (tertiary/aromatic N) is 1. The molecule has 240 valence electrons. The molecule has 4 nitrogen and oxygen atoms in total. The lowest BCUT2D eigenvalue weighted by molar-refractivity contribution is -0.282. The average molecular weight is 638 g/mol. The van der Waals surface area contributed by atoms with E-state index in [-0.39, 0.29) is 12.2 Å². The Kier molecular flexibility index (Phi) is 12.1. The number of aryl methyl sites for hydroxylation is 1. The minimum atomic E-state index is -5.77. The van der Waals surface area contributed by atoms with E-state index < -0.39 is 51.5 Å². The number of phenolic OH excluding ortho intramolecular Hbond substituents is 1. The van der Waals surface area contributed by atoms with Crippen LogP contribution in [0.4, 0.5) is 30.7 Å². The second-order valence-electron chi connectivity index (χ2n) is 11.2. The number of unbranched alkanes of at least 4 members (excludes halogenated alkanes) is 3. The zero-order chi connectivity index (χ0) is 31.8. The van der Waals surface area contributed by atoms with Gasteiger partial charge in [-0.25, -0.2) is 17.2 Å². The Morgan fingerprint density at radius 1 is 0.837 bits per heavy atom. The smallest absolute Gasteiger partial charge is 0.453 e. The third-order valence-electron chi connectivity index (χ3n) is 7.72. The summed E-state index contributed by atoms with van der Waals surface area (Å²) >= 11 is 0. The van der Waals surface area contributed by atoms with Crippen molar-refractivity contribution >= 4 is 21.0 Å². The molecule has 0 atom stereocenters. The Morgan fingerprint density at radius 3 is 2.16 bits per heavy atom. The van der Waals surface area contributed by atoms with Gasteiger partial charge in [-0.05, 0) is 117 Å². The van der Waals surface area contributed by atoms with Crippen molar-refractivity contribution in [2.75, 3.05) is 31.6 Å². The van der Waals surface area contributed by atoms with E-state index in [9.17, 15) is 44.3 Å². The Balaban J connectivity index is 1.48. The third kappa shape index (κ3) is 10.5. The summed E-state index contributed by atoms with van der Waals surface area (Å²) in [5.74, 6) is -7.82. The maximum atomic E-state index is 14.1. The molecular weight excluding hydrogens is 599 g/mol. The minimum absolute atomic E-state index is 0.128. The van der Waals surface area contributed by atoms with Crippen molar-refractivity contribution in [2.24, 2.45) is 0 Å². The van der Waals surface area contributed by atoms with Gasteiger partial charge in [0.2, 0.25) is 0 Å². The first-order valence-corrected chi connectivity index (χ1v) is 16.2. The van der Waals surface area contributed by atoms with E-state index in [0.29, 0.717) is 31.5 Å². The number of alkyl halides is 5. The lowest BCUT2D eigenvalue weighted by atomic mass is 9.89. The average Bonchev–Trinajstić information content (AvgIpc) is 3.07. The van der Waals surface area contributed by atoms with Crippen LogP contribution in [0.3, 0.4) is 0 Å². The lowest BCUT2D eigenvalue weighted by Crippen LogP contribution is -2.38. The van der Waals surface area contributed by atoms with Crippen LogP contribution in [0.15, 0.2) is 36.4 Å². The van der Waals surface area contributed by atoms with Gasteiger partial charge in [-0.3, -0.25) is 0 Å². The van der Waals surface area contributed by atoms with E-state index in [1.807, 2.05) is 11.0 Å². The Hall–Kier alpha value is -2.60. The Labute approximate surface area is 248 Å². The molecule has 0 saturated carbocycles. The molecule has 0 aromatic heterocycles. The monoisotopic (exact) mass is 637 g/mol. The molecule has 0 bridgehead atoms. The van der Waals surface area contributed by atoms with Crippen molar-refractivity contribution in [1.82, 2.24) is 4.90 Å². The SMILES string of the molecule is CN(CCCCCCC1=C(c2cc(F)cc(F)c2)CCCc2cc(O)ccc21)CCCS(=O)(=O)CCC(F)(F)C(F)(F)F. The molecule has 1 N–H and O–H groups in total. The van der Waals surface area contributed by atoms with Gasteiger partial charge in [0.05, 0.1) is 11.5 Å². The van der Waals surface area contributed by atoms with E-state index in [2.05, 4.69) is 0 Å². The predicted molar refractivity (Wildman–Crippen MR) is 154 cm³/mol. The summed E-state index contributed by atoms with van der Waals surface area (Å²) in [4.78, 5) is 1.90. The van der Waals surface area contributed by atoms with Crippen LogP contribution in [0.5, 0.6) is 5.75 Å². The Bertz CT molecular complexity index is 1350. The quantitative estimate of drug-likeness (QED) is 0.158. The molecule has 0 aliphatic heterocycles. The van der Waals surface area contributed by atoms with Crippen molar-refractivity contribution in [3.05, 3.63) is 64.7 Å². The number of sulfone groups is 1. The van der Waals surface area contributed by atoms with Crippen LogP contribution in [0.2, 0.25) is 0 Å². The zero-order valence-corrected chi connectivity index (χ0v) is 24.9. The van der Waals surface area contributed by atoms with Crippen LogP contribution in [0.25, 0.3) is 11.1 Å². The number of rotatable bonds is 15. The highest BCUT2D eigenvalue weighted by Gasteiger charge is 2.57. The molecule has 0 unspecified atom stereocenters. The van der Waals surface area contributed by atoms with Crippen LogP contribution in [0, 0.1) is 11.6 Å². The third-order valence-corrected chi connectivity index (χ3v) is 9.45. The first-order valence-electron chi connectivity index (χ1n) is 14.4. The van der Waals surface area contributed by atoms with Crippen LogP contribution >= 0.6 is 0 Å². The highest BCUT2D eigenvalue weighted by molar-refractivity contribution is 7.91. The molecule has 0 saturated heterocycles. The molecule has 1 aliphatic carbocycles. The predicted octanol–water partition coefficient (Wildman–Crippen LogP) is 8.19. The molecule has 0 fully saturated rings. The Morgan fingerprint density at radius 2 is 1.49 bits per heavy atom. The van der Waals surface area contributed by atoms with E-state index in [0.717, 1.165) is 66.9 Å². The topological polar surface area (TPSA) is 57.6 Å². The van der Waals surface area contributed by atoms with Crippen molar-refractivity contribution in [1.29, 1.82) is 0 Å². The summed E-state index contributed by atoms with van der Waals surface area (Å²) < 4.78 is 115. The molecule has 0 radical (unpaired) electrons. The highest BCUT2D eigenvalue weighted by Crippen LogP contribution is 2.40. The van der Waals surface area contributed by atoms with Crippen LogP contribution in [-0.4, -0.2) is 62.2 Å². The van der Waals surface area contributed by atoms with Gasteiger partial charge in [0, 0.05) is 12.5 Å². The van der Waals surface area contributed by atoms with Crippen LogP contribution in [-0.2, 0) is 16.3 Å². The number of benzene rings is 2. The molecule has 3 rings (SSSR count). The maximum Gasteiger partial charge on any atom is 0.453 e. The number of hydrogen-bond donors (Lipinski definition) is 1. The standard InChI is InChI=1S/C31H38F7NO3S/c1-39(15-7-16-43(41,42)17-13-30(34,35)31(36,37)38)14-5-3-2-4-9-29-27(23-18-24(32)21-25(33)19-23)10-6-8-22-20-26(40)11-12-28(22)29/h11-12,18-21,40H,2-10,13-17H2,1H3. The van der Waals surface area contributed by atoms with Crippen molar-refractivity contribution < 1.29 is 44.3 Å². The summed E-state index contributed by atoms with van der Waals surface area (Å²) in [5, 5.41) is 10.00. The van der Waals surface area contributed by atoms with Gasteiger partial charge in [-0.1, -0.05) is 18.9 Å². The van der Waals surface area contributed by atoms with Gasteiger partial charge >= 0.3 is 12.1 Å². The van der Waals surface area contributed by atoms with Gasteiger partial charge in [-0.2, -0.15) is 22.0 Å². The van der Waals surface area contributed by atoms with Crippen molar-refractivity contribution in [3.8, 4) is 5.75 Å². The molecular formula is C31H38F7NO3S. The largest absolute Gasteiger partial charge is 0.508 e. The molecule has 43 heavy (non-hydrogen) atoms. The molecule has 1 aliphatic rings. The van der Waals surface area contributed by atoms with E-state index in [4.69, 9.17) is 0 Å². The van der Waals surface area contributed by atoms with E-state index in [1.165, 1.54) is 12.1 Å². The van der Waals surface area contributed by atoms with Gasteiger partial charge in [0.15, 0.2) is 9.84 Å². The number of hydrogen-bond acceptors (Lipinski definition) is 4. The number of allylic oxidation sites excluding steroid dienone is 2. The summed E-state index contributed by atoms with van der Waals surface area (Å²) in [6, 6.07) is 8.77. The van der Waals surface area contributed by atoms with E-state index in [1.54, 1.807) is 19.2 Å². The summed E-state index contributed by atoms with van der Waals surface area (Å²) in [6.07, 6.45) is -1.19. The number of aromatic hydroxyl groups is 1. The fraction of sp³-hybridized carbons (Fsp3) is 0.548. The van der Waals surface area contributed by atoms with Crippen molar-refractivity contribution in [2.45, 2.75) is 76.3 Å². The fourth-order valence-corrected chi connectivity index (χ4v) is 6.75. The van der Waals surface area contributed by atoms with Gasteiger partial charge in [0.1, 0.15) is 17.4 Å². The van der Waals surface area contributed by atoms with Crippen LogP contribution in [0.1, 0.15) is 74.5 Å². The van der Waals surface area contributed by atoms with E-state index >= 15 is 0 Å². The van der Waals surface area contributed by atoms with Crippen LogP contribution < -0.4 is 0 Å². The fourth-order valence-electron chi connectivity index (χ4n) is 5.41. The zero-order valence-electron chi connectivity index (χ0n) is 24.1. The van der Waals surface area contributed by atoms with Crippen molar-refractivity contribution in [3.63, 3.8) is 0 Å². The molecule has 2 aromatic carbocycles. The van der Waals surface area contributed by atoms with Gasteiger partial charge < -0.3 is 10.0 Å². The molecule has 0 heterocycles. The number of fused-ring (bicyclic) bond motifs is 1. The minimum Gasteiger partial charge on any atom is -0.508 e. The summed E-state index contributed by atoms with van der Waals surface area (Å²) in [6.45, 7) is 1.02. The molecule has 0 amide bonds. The summed E-state index contributed by atoms with van der Waals surface area (Å²) in [5.41, 5.74) is 4.42. The molecule has 12 heteroatoms. The highest BCUT2D eigenvalue weighted by atomic mass is 32.2. The summed E-state index contributed by atoms with van der Waals surface area (Å²) in [7, 11) is -2.25. The number of halogens is 7. The normalized spacial score (nSPS) is 14.7. The first-order chi connectivity index (χ1) is 20.1. The molecule has 2 aromatic rings. The first kappa shape index (κ1) is 34.9. The second kappa shape index (κ2) is 14.9. The van der Waals surface area contributed by atoms with Gasteiger partial charge in [0.25, 0.3) is 0 Å². The molecule has 0 spiro atoms. The maximum absolute atomic E-state index is 14.1. The lowest BCUT2D eigenvalue weighted by Gasteiger charge is -2.19. The van der Waals surface area contributed by atoms with Gasteiger partial charge in [-0.15, -0.1) is 0 Å². The second-order valence-corrected chi connectivity index (χ2v) is 13.5. The number of phenols is 1.